The van der Waals surface area contributed by atoms with Gasteiger partial charge in [0.2, 0.25) is 0 Å². The van der Waals surface area contributed by atoms with E-state index >= 15 is 0 Å². The lowest BCUT2D eigenvalue weighted by Crippen LogP contribution is -2.24. The van der Waals surface area contributed by atoms with Crippen LogP contribution in [0, 0.1) is 0 Å². The first kappa shape index (κ1) is 18.0. The second-order valence-corrected chi connectivity index (χ2v) is 6.20. The number of hydrogen-bond acceptors (Lipinski definition) is 3. The molecule has 1 amide bonds. The first-order valence-corrected chi connectivity index (χ1v) is 8.79. The first-order chi connectivity index (χ1) is 12.7. The lowest BCUT2D eigenvalue weighted by atomic mass is 10.1. The number of aromatic nitrogens is 2. The third kappa shape index (κ3) is 4.64. The van der Waals surface area contributed by atoms with Crippen LogP contribution >= 0.6 is 11.6 Å². The smallest absolute Gasteiger partial charge is 0.251 e. The van der Waals surface area contributed by atoms with Gasteiger partial charge in [0.15, 0.2) is 0 Å². The van der Waals surface area contributed by atoms with Gasteiger partial charge in [0.25, 0.3) is 5.91 Å². The molecule has 1 N–H and O–H groups in total. The summed E-state index contributed by atoms with van der Waals surface area (Å²) in [7, 11) is 0. The molecule has 0 atom stereocenters. The highest BCUT2D eigenvalue weighted by Crippen LogP contribution is 2.17. The van der Waals surface area contributed by atoms with Crippen LogP contribution in [-0.4, -0.2) is 15.7 Å². The van der Waals surface area contributed by atoms with E-state index < -0.39 is 0 Å². The van der Waals surface area contributed by atoms with E-state index in [1.807, 2.05) is 41.9 Å². The normalized spacial score (nSPS) is 10.5. The Morgan fingerprint density at radius 2 is 1.85 bits per heavy atom. The number of nitrogens with one attached hydrogen (secondary N) is 1. The zero-order valence-corrected chi connectivity index (χ0v) is 15.2. The van der Waals surface area contributed by atoms with Gasteiger partial charge in [0, 0.05) is 23.3 Å². The van der Waals surface area contributed by atoms with E-state index in [4.69, 9.17) is 16.3 Å². The van der Waals surface area contributed by atoms with Crippen molar-refractivity contribution in [2.75, 3.05) is 0 Å². The minimum atomic E-state index is -0.112. The second kappa shape index (κ2) is 8.54. The van der Waals surface area contributed by atoms with Crippen molar-refractivity contribution in [3.05, 3.63) is 82.6 Å². The fourth-order valence-corrected chi connectivity index (χ4v) is 2.64. The maximum atomic E-state index is 12.3. The van der Waals surface area contributed by atoms with E-state index in [0.717, 1.165) is 23.6 Å². The molecule has 0 aliphatic heterocycles. The summed E-state index contributed by atoms with van der Waals surface area (Å²) in [6, 6.07) is 16.5. The van der Waals surface area contributed by atoms with Crippen molar-refractivity contribution in [1.82, 2.24) is 15.1 Å². The largest absolute Gasteiger partial charge is 0.489 e. The van der Waals surface area contributed by atoms with Gasteiger partial charge < -0.3 is 10.1 Å². The predicted octanol–water partition coefficient (Wildman–Crippen LogP) is 4.07. The molecule has 0 saturated heterocycles. The molecule has 0 unspecified atom stereocenters. The zero-order valence-electron chi connectivity index (χ0n) is 14.5. The molecule has 1 heterocycles. The van der Waals surface area contributed by atoms with Crippen LogP contribution in [0.25, 0.3) is 0 Å². The third-order valence-electron chi connectivity index (χ3n) is 3.97. The number of ether oxygens (including phenoxy) is 1. The van der Waals surface area contributed by atoms with E-state index in [0.29, 0.717) is 23.7 Å². The molecule has 0 fully saturated rings. The second-order valence-electron chi connectivity index (χ2n) is 5.76. The Morgan fingerprint density at radius 1 is 1.12 bits per heavy atom. The monoisotopic (exact) mass is 369 g/mol. The highest BCUT2D eigenvalue weighted by molar-refractivity contribution is 6.30. The number of rotatable bonds is 7. The third-order valence-corrected chi connectivity index (χ3v) is 4.22. The molecule has 0 aliphatic carbocycles. The summed E-state index contributed by atoms with van der Waals surface area (Å²) in [4.78, 5) is 12.3. The molecule has 0 bridgehead atoms. The number of amides is 1. The molecule has 0 aliphatic rings. The Morgan fingerprint density at radius 3 is 2.54 bits per heavy atom. The lowest BCUT2D eigenvalue weighted by molar-refractivity contribution is 0.0950. The Balaban J connectivity index is 1.53. The van der Waals surface area contributed by atoms with Crippen LogP contribution in [0.15, 0.2) is 60.8 Å². The maximum absolute atomic E-state index is 12.3. The minimum Gasteiger partial charge on any atom is -0.489 e. The SMILES string of the molecule is CCn1nccc1CNC(=O)c1ccc(COc2ccc(Cl)cc2)cc1. The van der Waals surface area contributed by atoms with Gasteiger partial charge in [0.1, 0.15) is 12.4 Å². The van der Waals surface area contributed by atoms with E-state index in [2.05, 4.69) is 10.4 Å². The summed E-state index contributed by atoms with van der Waals surface area (Å²) in [5.41, 5.74) is 2.58. The topological polar surface area (TPSA) is 56.2 Å². The number of halogens is 1. The minimum absolute atomic E-state index is 0.112. The Hall–Kier alpha value is -2.79. The van der Waals surface area contributed by atoms with E-state index in [-0.39, 0.29) is 5.91 Å². The van der Waals surface area contributed by atoms with Gasteiger partial charge in [-0.15, -0.1) is 0 Å². The number of aryl methyl sites for hydroxylation is 1. The number of hydrogen-bond donors (Lipinski definition) is 1. The summed E-state index contributed by atoms with van der Waals surface area (Å²) >= 11 is 5.85. The van der Waals surface area contributed by atoms with Crippen molar-refractivity contribution in [3.63, 3.8) is 0 Å². The quantitative estimate of drug-likeness (QED) is 0.683. The zero-order chi connectivity index (χ0) is 18.4. The van der Waals surface area contributed by atoms with Crippen molar-refractivity contribution in [1.29, 1.82) is 0 Å². The molecule has 0 spiro atoms. The summed E-state index contributed by atoms with van der Waals surface area (Å²) < 4.78 is 7.56. The van der Waals surface area contributed by atoms with Crippen LogP contribution in [0.3, 0.4) is 0 Å². The van der Waals surface area contributed by atoms with E-state index in [1.54, 1.807) is 30.5 Å². The average Bonchev–Trinajstić information content (AvgIpc) is 3.13. The Labute approximate surface area is 157 Å². The molecular formula is C20H20ClN3O2. The molecule has 3 rings (SSSR count). The molecule has 0 radical (unpaired) electrons. The van der Waals surface area contributed by atoms with Gasteiger partial charge in [-0.1, -0.05) is 23.7 Å². The van der Waals surface area contributed by atoms with Gasteiger partial charge in [-0.3, -0.25) is 9.48 Å². The molecule has 5 nitrogen and oxygen atoms in total. The molecular weight excluding hydrogens is 350 g/mol. The van der Waals surface area contributed by atoms with Gasteiger partial charge in [-0.05, 0) is 55.0 Å². The van der Waals surface area contributed by atoms with Crippen molar-refractivity contribution in [2.45, 2.75) is 26.6 Å². The highest BCUT2D eigenvalue weighted by Gasteiger charge is 2.07. The molecule has 6 heteroatoms. The van der Waals surface area contributed by atoms with Crippen LogP contribution in [-0.2, 0) is 19.7 Å². The average molecular weight is 370 g/mol. The van der Waals surface area contributed by atoms with Gasteiger partial charge >= 0.3 is 0 Å². The predicted molar refractivity (Wildman–Crippen MR) is 101 cm³/mol. The van der Waals surface area contributed by atoms with Gasteiger partial charge in [-0.2, -0.15) is 5.10 Å². The van der Waals surface area contributed by atoms with Crippen molar-refractivity contribution < 1.29 is 9.53 Å². The standard InChI is InChI=1S/C20H20ClN3O2/c1-2-24-18(11-12-23-24)13-22-20(25)16-5-3-15(4-6-16)14-26-19-9-7-17(21)8-10-19/h3-12H,2,13-14H2,1H3,(H,22,25). The number of carbonyl (C=O) groups is 1. The fourth-order valence-electron chi connectivity index (χ4n) is 2.52. The van der Waals surface area contributed by atoms with Crippen LogP contribution in [0.1, 0.15) is 28.5 Å². The summed E-state index contributed by atoms with van der Waals surface area (Å²) in [5.74, 6) is 0.641. The van der Waals surface area contributed by atoms with Crippen LogP contribution in [0.4, 0.5) is 0 Å². The number of carbonyl (C=O) groups excluding carboxylic acids is 1. The summed E-state index contributed by atoms with van der Waals surface area (Å²) in [5, 5.41) is 7.78. The summed E-state index contributed by atoms with van der Waals surface area (Å²) in [6.07, 6.45) is 1.74. The number of benzene rings is 2. The van der Waals surface area contributed by atoms with Gasteiger partial charge in [0.05, 0.1) is 12.2 Å². The highest BCUT2D eigenvalue weighted by atomic mass is 35.5. The Bertz CT molecular complexity index is 858. The first-order valence-electron chi connectivity index (χ1n) is 8.42. The van der Waals surface area contributed by atoms with Crippen LogP contribution < -0.4 is 10.1 Å². The molecule has 134 valence electrons. The summed E-state index contributed by atoms with van der Waals surface area (Å²) in [6.45, 7) is 3.68. The fraction of sp³-hybridized carbons (Fsp3) is 0.200. The molecule has 1 aromatic heterocycles. The number of nitrogens with zero attached hydrogens (tertiary/aromatic N) is 2. The van der Waals surface area contributed by atoms with Crippen molar-refractivity contribution in [2.24, 2.45) is 0 Å². The van der Waals surface area contributed by atoms with Crippen molar-refractivity contribution in [3.8, 4) is 5.75 Å². The molecule has 26 heavy (non-hydrogen) atoms. The van der Waals surface area contributed by atoms with E-state index in [9.17, 15) is 4.79 Å². The van der Waals surface area contributed by atoms with Crippen LogP contribution in [0.2, 0.25) is 5.02 Å². The van der Waals surface area contributed by atoms with Gasteiger partial charge in [-0.25, -0.2) is 0 Å². The molecule has 2 aromatic carbocycles. The van der Waals surface area contributed by atoms with Crippen LogP contribution in [0.5, 0.6) is 5.75 Å². The lowest BCUT2D eigenvalue weighted by Gasteiger charge is -2.09. The molecule has 0 saturated carbocycles. The van der Waals surface area contributed by atoms with E-state index in [1.165, 1.54) is 0 Å². The van der Waals surface area contributed by atoms with Crippen molar-refractivity contribution >= 4 is 17.5 Å². The maximum Gasteiger partial charge on any atom is 0.251 e. The Kier molecular flexibility index (Phi) is 5.92. The molecule has 3 aromatic rings.